The average molecular weight is 464 g/mol. The molecule has 0 spiro atoms. The highest BCUT2D eigenvalue weighted by Gasteiger charge is 2.21. The number of rotatable bonds is 7. The van der Waals surface area contributed by atoms with Crippen molar-refractivity contribution < 1.29 is 9.47 Å². The van der Waals surface area contributed by atoms with Crippen molar-refractivity contribution in [3.63, 3.8) is 0 Å². The van der Waals surface area contributed by atoms with Crippen molar-refractivity contribution >= 4 is 6.08 Å². The maximum Gasteiger partial charge on any atom is 0.161 e. The zero-order valence-corrected chi connectivity index (χ0v) is 20.1. The lowest BCUT2D eigenvalue weighted by Crippen LogP contribution is -2.28. The van der Waals surface area contributed by atoms with Crippen molar-refractivity contribution in [2.45, 2.75) is 26.0 Å². The molecule has 5 rings (SSSR count). The second-order valence-corrected chi connectivity index (χ2v) is 8.72. The van der Waals surface area contributed by atoms with Gasteiger partial charge >= 0.3 is 0 Å². The molecule has 5 heteroatoms. The van der Waals surface area contributed by atoms with Crippen molar-refractivity contribution in [2.75, 3.05) is 13.7 Å². The van der Waals surface area contributed by atoms with Crippen molar-refractivity contribution in [3.8, 4) is 22.6 Å². The van der Waals surface area contributed by atoms with Crippen LogP contribution in [0, 0.1) is 6.92 Å². The molecule has 0 aliphatic carbocycles. The molecule has 1 aliphatic heterocycles. The highest BCUT2D eigenvalue weighted by Crippen LogP contribution is 2.36. The van der Waals surface area contributed by atoms with Crippen LogP contribution in [0.5, 0.6) is 11.5 Å². The Morgan fingerprint density at radius 3 is 2.66 bits per heavy atom. The van der Waals surface area contributed by atoms with E-state index in [1.807, 2.05) is 24.3 Å². The average Bonchev–Trinajstić information content (AvgIpc) is 2.92. The normalized spacial score (nSPS) is 15.1. The minimum absolute atomic E-state index is 0.0986. The largest absolute Gasteiger partial charge is 0.493 e. The lowest BCUT2D eigenvalue weighted by Gasteiger charge is -2.26. The predicted octanol–water partition coefficient (Wildman–Crippen LogP) is 5.94. The predicted molar refractivity (Wildman–Crippen MR) is 139 cm³/mol. The van der Waals surface area contributed by atoms with E-state index < -0.39 is 0 Å². The first-order valence-electron chi connectivity index (χ1n) is 11.9. The second kappa shape index (κ2) is 10.5. The minimum atomic E-state index is 0.0986. The number of aromatic nitrogens is 2. The summed E-state index contributed by atoms with van der Waals surface area (Å²) in [7, 11) is 1.70. The van der Waals surface area contributed by atoms with E-state index in [9.17, 15) is 0 Å². The van der Waals surface area contributed by atoms with E-state index in [1.54, 1.807) is 19.5 Å². The summed E-state index contributed by atoms with van der Waals surface area (Å²) in [6.07, 6.45) is 8.90. The Morgan fingerprint density at radius 1 is 0.971 bits per heavy atom. The van der Waals surface area contributed by atoms with Gasteiger partial charge in [0.1, 0.15) is 6.61 Å². The summed E-state index contributed by atoms with van der Waals surface area (Å²) in [5.41, 5.74) is 8.25. The maximum absolute atomic E-state index is 6.14. The quantitative estimate of drug-likeness (QED) is 0.368. The van der Waals surface area contributed by atoms with Crippen molar-refractivity contribution in [2.24, 2.45) is 0 Å². The molecule has 1 unspecified atom stereocenters. The molecule has 4 aromatic rings. The van der Waals surface area contributed by atoms with Gasteiger partial charge in [0.15, 0.2) is 11.5 Å². The van der Waals surface area contributed by atoms with Crippen LogP contribution < -0.4 is 14.8 Å². The molecule has 5 nitrogen and oxygen atoms in total. The molecule has 0 amide bonds. The Balaban J connectivity index is 1.39. The van der Waals surface area contributed by atoms with Gasteiger partial charge in [-0.2, -0.15) is 10.2 Å². The minimum Gasteiger partial charge on any atom is -0.493 e. The van der Waals surface area contributed by atoms with Crippen LogP contribution in [0.25, 0.3) is 17.2 Å². The maximum atomic E-state index is 6.14. The van der Waals surface area contributed by atoms with Crippen LogP contribution in [0.2, 0.25) is 0 Å². The molecule has 2 heterocycles. The van der Waals surface area contributed by atoms with E-state index in [0.717, 1.165) is 41.2 Å². The highest BCUT2D eigenvalue weighted by molar-refractivity contribution is 5.68. The van der Waals surface area contributed by atoms with Crippen LogP contribution in [0.3, 0.4) is 0 Å². The van der Waals surface area contributed by atoms with Gasteiger partial charge in [-0.25, -0.2) is 0 Å². The third-order valence-corrected chi connectivity index (χ3v) is 6.42. The van der Waals surface area contributed by atoms with Crippen LogP contribution in [-0.2, 0) is 13.0 Å². The van der Waals surface area contributed by atoms with Gasteiger partial charge in [0.05, 0.1) is 25.5 Å². The zero-order valence-electron chi connectivity index (χ0n) is 20.1. The molecule has 0 radical (unpaired) electrons. The fourth-order valence-corrected chi connectivity index (χ4v) is 4.44. The number of aryl methyl sites for hydroxylation is 1. The molecular formula is C30H29N3O2. The number of methoxy groups -OCH3 is 1. The molecule has 1 aliphatic rings. The molecule has 1 N–H and O–H groups in total. The summed E-state index contributed by atoms with van der Waals surface area (Å²) in [6.45, 7) is 3.56. The van der Waals surface area contributed by atoms with Crippen LogP contribution in [0.4, 0.5) is 0 Å². The first-order chi connectivity index (χ1) is 17.2. The van der Waals surface area contributed by atoms with E-state index in [0.29, 0.717) is 6.61 Å². The Bertz CT molecular complexity index is 1320. The van der Waals surface area contributed by atoms with Gasteiger partial charge < -0.3 is 14.8 Å². The molecule has 1 atom stereocenters. The van der Waals surface area contributed by atoms with Gasteiger partial charge in [-0.15, -0.1) is 0 Å². The third kappa shape index (κ3) is 5.26. The number of nitrogens with one attached hydrogen (secondary N) is 1. The number of hydrogen-bond donors (Lipinski definition) is 1. The lowest BCUT2D eigenvalue weighted by molar-refractivity contribution is 0.283. The number of benzene rings is 3. The lowest BCUT2D eigenvalue weighted by atomic mass is 9.92. The van der Waals surface area contributed by atoms with E-state index in [1.165, 1.54) is 22.3 Å². The van der Waals surface area contributed by atoms with Crippen molar-refractivity contribution in [1.29, 1.82) is 0 Å². The Morgan fingerprint density at radius 2 is 1.86 bits per heavy atom. The van der Waals surface area contributed by atoms with Gasteiger partial charge in [0, 0.05) is 12.1 Å². The third-order valence-electron chi connectivity index (χ3n) is 6.42. The van der Waals surface area contributed by atoms with E-state index in [4.69, 9.17) is 9.47 Å². The zero-order chi connectivity index (χ0) is 24.0. The molecule has 0 bridgehead atoms. The van der Waals surface area contributed by atoms with Crippen molar-refractivity contribution in [3.05, 3.63) is 113 Å². The fourth-order valence-electron chi connectivity index (χ4n) is 4.44. The number of hydrogen-bond acceptors (Lipinski definition) is 5. The molecule has 1 aromatic heterocycles. The number of nitrogens with zero attached hydrogens (tertiary/aromatic N) is 2. The SMILES string of the molecule is COc1cc2c(cc1OCc1ccccc1)CCNC2/C=C/c1cc(-c2ccnnc2)ccc1C. The highest BCUT2D eigenvalue weighted by atomic mass is 16.5. The summed E-state index contributed by atoms with van der Waals surface area (Å²) in [5.74, 6) is 1.54. The summed E-state index contributed by atoms with van der Waals surface area (Å²) < 4.78 is 11.8. The number of fused-ring (bicyclic) bond motifs is 1. The van der Waals surface area contributed by atoms with Crippen LogP contribution in [-0.4, -0.2) is 23.9 Å². The summed E-state index contributed by atoms with van der Waals surface area (Å²) in [6, 6.07) is 23.0. The first-order valence-corrected chi connectivity index (χ1v) is 11.9. The Kier molecular flexibility index (Phi) is 6.87. The molecular weight excluding hydrogens is 434 g/mol. The van der Waals surface area contributed by atoms with Gasteiger partial charge in [0.2, 0.25) is 0 Å². The summed E-state index contributed by atoms with van der Waals surface area (Å²) in [4.78, 5) is 0. The van der Waals surface area contributed by atoms with Gasteiger partial charge in [-0.1, -0.05) is 54.6 Å². The monoisotopic (exact) mass is 463 g/mol. The fraction of sp³-hybridized carbons (Fsp3) is 0.200. The molecule has 0 saturated carbocycles. The topological polar surface area (TPSA) is 56.3 Å². The van der Waals surface area contributed by atoms with E-state index in [2.05, 4.69) is 77.1 Å². The van der Waals surface area contributed by atoms with Crippen LogP contribution >= 0.6 is 0 Å². The smallest absolute Gasteiger partial charge is 0.161 e. The van der Waals surface area contributed by atoms with Gasteiger partial charge in [0.25, 0.3) is 0 Å². The van der Waals surface area contributed by atoms with E-state index >= 15 is 0 Å². The number of ether oxygens (including phenoxy) is 2. The summed E-state index contributed by atoms with van der Waals surface area (Å²) in [5, 5.41) is 11.5. The second-order valence-electron chi connectivity index (χ2n) is 8.72. The molecule has 35 heavy (non-hydrogen) atoms. The Labute approximate surface area is 206 Å². The first kappa shape index (κ1) is 22.8. The Hall–Kier alpha value is -3.96. The van der Waals surface area contributed by atoms with Gasteiger partial charge in [-0.05, 0) is 71.0 Å². The van der Waals surface area contributed by atoms with E-state index in [-0.39, 0.29) is 6.04 Å². The van der Waals surface area contributed by atoms with Crippen molar-refractivity contribution in [1.82, 2.24) is 15.5 Å². The standard InChI is InChI=1S/C30H29N3O2/c1-21-8-9-24(26-13-15-32-33-19-26)16-23(21)10-11-28-27-18-29(34-2)30(17-25(27)12-14-31-28)35-20-22-6-4-3-5-7-22/h3-11,13,15-19,28,31H,12,14,20H2,1-2H3/b11-10+. The molecule has 0 fully saturated rings. The molecule has 3 aromatic carbocycles. The van der Waals surface area contributed by atoms with Crippen LogP contribution in [0.15, 0.2) is 85.2 Å². The molecule has 0 saturated heterocycles. The van der Waals surface area contributed by atoms with Crippen LogP contribution in [0.1, 0.15) is 33.9 Å². The summed E-state index contributed by atoms with van der Waals surface area (Å²) >= 11 is 0. The van der Waals surface area contributed by atoms with Gasteiger partial charge in [-0.3, -0.25) is 0 Å². The molecule has 176 valence electrons.